The van der Waals surface area contributed by atoms with Gasteiger partial charge in [-0.2, -0.15) is 11.8 Å². The van der Waals surface area contributed by atoms with Crippen molar-refractivity contribution in [2.75, 3.05) is 25.7 Å². The molecule has 0 saturated carbocycles. The third-order valence-corrected chi connectivity index (χ3v) is 3.31. The van der Waals surface area contributed by atoms with Gasteiger partial charge in [-0.1, -0.05) is 19.1 Å². The molecule has 0 spiro atoms. The average molecular weight is 225 g/mol. The van der Waals surface area contributed by atoms with E-state index in [9.17, 15) is 0 Å². The molecule has 0 heterocycles. The minimum absolute atomic E-state index is 0.407. The molecule has 0 fully saturated rings. The first-order chi connectivity index (χ1) is 7.31. The van der Waals surface area contributed by atoms with Crippen LogP contribution < -0.4 is 10.1 Å². The van der Waals surface area contributed by atoms with Crippen LogP contribution >= 0.6 is 11.8 Å². The second-order valence-electron chi connectivity index (χ2n) is 3.28. The molecule has 0 bridgehead atoms. The number of nitrogens with one attached hydrogen (secondary N) is 1. The van der Waals surface area contributed by atoms with Crippen LogP contribution in [0, 0.1) is 0 Å². The summed E-state index contributed by atoms with van der Waals surface area (Å²) in [6.45, 7) is 2.18. The van der Waals surface area contributed by atoms with Gasteiger partial charge in [0.25, 0.3) is 0 Å². The van der Waals surface area contributed by atoms with Gasteiger partial charge in [-0.3, -0.25) is 0 Å². The van der Waals surface area contributed by atoms with Crippen molar-refractivity contribution in [3.63, 3.8) is 0 Å². The molecular formula is C12H19NOS. The topological polar surface area (TPSA) is 21.3 Å². The van der Waals surface area contributed by atoms with Gasteiger partial charge in [-0.15, -0.1) is 0 Å². The highest BCUT2D eigenvalue weighted by atomic mass is 32.2. The third-order valence-electron chi connectivity index (χ3n) is 2.33. The Labute approximate surface area is 96.4 Å². The normalized spacial score (nSPS) is 12.5. The third kappa shape index (κ3) is 3.76. The van der Waals surface area contributed by atoms with E-state index in [2.05, 4.69) is 24.4 Å². The molecule has 1 rings (SSSR count). The molecule has 15 heavy (non-hydrogen) atoms. The number of ether oxygens (including phenoxy) is 1. The molecular weight excluding hydrogens is 206 g/mol. The highest BCUT2D eigenvalue weighted by molar-refractivity contribution is 7.99. The summed E-state index contributed by atoms with van der Waals surface area (Å²) in [5.74, 6) is 3.18. The maximum absolute atomic E-state index is 5.22. The number of rotatable bonds is 6. The molecule has 0 radical (unpaired) electrons. The van der Waals surface area contributed by atoms with Gasteiger partial charge in [-0.25, -0.2) is 0 Å². The standard InChI is InChI=1S/C12H19NOS/c1-4-15-9-12(13-2)10-6-5-7-11(8-10)14-3/h5-8,12-13H,4,9H2,1-3H3. The molecule has 0 aliphatic carbocycles. The summed E-state index contributed by atoms with van der Waals surface area (Å²) in [5.41, 5.74) is 1.29. The molecule has 1 N–H and O–H groups in total. The fourth-order valence-corrected chi connectivity index (χ4v) is 2.27. The van der Waals surface area contributed by atoms with E-state index in [1.165, 1.54) is 5.56 Å². The number of thioether (sulfide) groups is 1. The van der Waals surface area contributed by atoms with Gasteiger partial charge < -0.3 is 10.1 Å². The van der Waals surface area contributed by atoms with E-state index in [-0.39, 0.29) is 0 Å². The van der Waals surface area contributed by atoms with Crippen LogP contribution in [0.2, 0.25) is 0 Å². The monoisotopic (exact) mass is 225 g/mol. The van der Waals surface area contributed by atoms with Crippen LogP contribution in [0.25, 0.3) is 0 Å². The quantitative estimate of drug-likeness (QED) is 0.804. The minimum Gasteiger partial charge on any atom is -0.497 e. The van der Waals surface area contributed by atoms with Gasteiger partial charge in [-0.05, 0) is 30.5 Å². The Balaban J connectivity index is 2.72. The van der Waals surface area contributed by atoms with Gasteiger partial charge in [0.05, 0.1) is 7.11 Å². The first-order valence-electron chi connectivity index (χ1n) is 5.20. The molecule has 1 unspecified atom stereocenters. The SMILES string of the molecule is CCSCC(NC)c1cccc(OC)c1. The van der Waals surface area contributed by atoms with Gasteiger partial charge in [0, 0.05) is 11.8 Å². The van der Waals surface area contributed by atoms with E-state index in [1.807, 2.05) is 30.9 Å². The summed E-state index contributed by atoms with van der Waals surface area (Å²) >= 11 is 1.95. The molecule has 3 heteroatoms. The lowest BCUT2D eigenvalue weighted by Crippen LogP contribution is -2.18. The van der Waals surface area contributed by atoms with Crippen molar-refractivity contribution in [3.8, 4) is 5.75 Å². The smallest absolute Gasteiger partial charge is 0.119 e. The van der Waals surface area contributed by atoms with Crippen molar-refractivity contribution in [2.24, 2.45) is 0 Å². The lowest BCUT2D eigenvalue weighted by molar-refractivity contribution is 0.413. The second kappa shape index (κ2) is 6.75. The van der Waals surface area contributed by atoms with Gasteiger partial charge in [0.15, 0.2) is 0 Å². The van der Waals surface area contributed by atoms with Crippen LogP contribution in [0.15, 0.2) is 24.3 Å². The maximum atomic E-state index is 5.22. The molecule has 1 aromatic rings. The first kappa shape index (κ1) is 12.4. The van der Waals surface area contributed by atoms with Gasteiger partial charge >= 0.3 is 0 Å². The molecule has 0 aliphatic rings. The van der Waals surface area contributed by atoms with Crippen LogP contribution in [0.3, 0.4) is 0 Å². The van der Waals surface area contributed by atoms with Crippen molar-refractivity contribution < 1.29 is 4.74 Å². The van der Waals surface area contributed by atoms with Crippen LogP contribution in [0.5, 0.6) is 5.75 Å². The summed E-state index contributed by atoms with van der Waals surface area (Å²) in [6.07, 6.45) is 0. The summed E-state index contributed by atoms with van der Waals surface area (Å²) < 4.78 is 5.22. The van der Waals surface area contributed by atoms with Gasteiger partial charge in [0.2, 0.25) is 0 Å². The van der Waals surface area contributed by atoms with E-state index < -0.39 is 0 Å². The van der Waals surface area contributed by atoms with E-state index in [1.54, 1.807) is 7.11 Å². The molecule has 0 aromatic heterocycles. The van der Waals surface area contributed by atoms with Crippen LogP contribution in [-0.2, 0) is 0 Å². The largest absolute Gasteiger partial charge is 0.497 e. The van der Waals surface area contributed by atoms with Crippen molar-refractivity contribution in [1.29, 1.82) is 0 Å². The number of benzene rings is 1. The van der Waals surface area contributed by atoms with Crippen molar-refractivity contribution in [3.05, 3.63) is 29.8 Å². The molecule has 2 nitrogen and oxygen atoms in total. The zero-order valence-electron chi connectivity index (χ0n) is 9.62. The predicted molar refractivity (Wildman–Crippen MR) is 67.8 cm³/mol. The van der Waals surface area contributed by atoms with E-state index in [4.69, 9.17) is 4.74 Å². The Kier molecular flexibility index (Phi) is 5.58. The lowest BCUT2D eigenvalue weighted by atomic mass is 10.1. The molecule has 1 atom stereocenters. The number of methoxy groups -OCH3 is 1. The molecule has 0 aliphatic heterocycles. The van der Waals surface area contributed by atoms with Crippen molar-refractivity contribution in [1.82, 2.24) is 5.32 Å². The zero-order chi connectivity index (χ0) is 11.1. The number of hydrogen-bond donors (Lipinski definition) is 1. The lowest BCUT2D eigenvalue weighted by Gasteiger charge is -2.16. The van der Waals surface area contributed by atoms with E-state index in [0.29, 0.717) is 6.04 Å². The highest BCUT2D eigenvalue weighted by Gasteiger charge is 2.09. The summed E-state index contributed by atoms with van der Waals surface area (Å²) in [6, 6.07) is 8.65. The maximum Gasteiger partial charge on any atom is 0.119 e. The fraction of sp³-hybridized carbons (Fsp3) is 0.500. The summed E-state index contributed by atoms with van der Waals surface area (Å²) in [5, 5.41) is 3.33. The second-order valence-corrected chi connectivity index (χ2v) is 4.60. The van der Waals surface area contributed by atoms with Gasteiger partial charge in [0.1, 0.15) is 5.75 Å². The summed E-state index contributed by atoms with van der Waals surface area (Å²) in [4.78, 5) is 0. The summed E-state index contributed by atoms with van der Waals surface area (Å²) in [7, 11) is 3.70. The first-order valence-corrected chi connectivity index (χ1v) is 6.36. The Morgan fingerprint density at radius 1 is 1.47 bits per heavy atom. The van der Waals surface area contributed by atoms with Crippen LogP contribution in [0.1, 0.15) is 18.5 Å². The molecule has 1 aromatic carbocycles. The molecule has 0 saturated heterocycles. The Bertz CT molecular complexity index is 291. The fourth-order valence-electron chi connectivity index (χ4n) is 1.44. The Morgan fingerprint density at radius 2 is 2.27 bits per heavy atom. The predicted octanol–water partition coefficient (Wildman–Crippen LogP) is 2.71. The van der Waals surface area contributed by atoms with Crippen molar-refractivity contribution >= 4 is 11.8 Å². The number of hydrogen-bond acceptors (Lipinski definition) is 3. The molecule has 0 amide bonds. The Hall–Kier alpha value is -0.670. The van der Waals surface area contributed by atoms with Crippen molar-refractivity contribution in [2.45, 2.75) is 13.0 Å². The molecule has 84 valence electrons. The highest BCUT2D eigenvalue weighted by Crippen LogP contribution is 2.21. The van der Waals surface area contributed by atoms with Crippen LogP contribution in [-0.4, -0.2) is 25.7 Å². The van der Waals surface area contributed by atoms with E-state index in [0.717, 1.165) is 17.3 Å². The average Bonchev–Trinajstić information content (AvgIpc) is 2.30. The minimum atomic E-state index is 0.407. The van der Waals surface area contributed by atoms with E-state index >= 15 is 0 Å². The zero-order valence-corrected chi connectivity index (χ0v) is 10.4. The van der Waals surface area contributed by atoms with Crippen LogP contribution in [0.4, 0.5) is 0 Å². The Morgan fingerprint density at radius 3 is 2.87 bits per heavy atom.